The summed E-state index contributed by atoms with van der Waals surface area (Å²) in [5.74, 6) is 1.42. The molecule has 0 bridgehead atoms. The molecule has 0 atom stereocenters. The van der Waals surface area contributed by atoms with Gasteiger partial charge in [-0.2, -0.15) is 0 Å². The van der Waals surface area contributed by atoms with Gasteiger partial charge in [0, 0.05) is 23.3 Å². The predicted octanol–water partition coefficient (Wildman–Crippen LogP) is 3.61. The zero-order valence-electron chi connectivity index (χ0n) is 12.9. The lowest BCUT2D eigenvalue weighted by molar-refractivity contribution is 0.301. The van der Waals surface area contributed by atoms with E-state index in [0.717, 1.165) is 23.8 Å². The summed E-state index contributed by atoms with van der Waals surface area (Å²) in [6, 6.07) is 5.29. The van der Waals surface area contributed by atoms with Crippen LogP contribution in [-0.4, -0.2) is 27.2 Å². The van der Waals surface area contributed by atoms with Gasteiger partial charge in [-0.15, -0.1) is 3.89 Å². The lowest BCUT2D eigenvalue weighted by Crippen LogP contribution is -2.00. The van der Waals surface area contributed by atoms with Gasteiger partial charge in [0.15, 0.2) is 18.0 Å². The molecule has 0 radical (unpaired) electrons. The van der Waals surface area contributed by atoms with Crippen molar-refractivity contribution in [2.45, 2.75) is 18.9 Å². The number of anilines is 1. The first-order valence-electron chi connectivity index (χ1n) is 7.48. The van der Waals surface area contributed by atoms with Crippen LogP contribution in [-0.2, 0) is 0 Å². The second-order valence-electron chi connectivity index (χ2n) is 5.56. The highest BCUT2D eigenvalue weighted by molar-refractivity contribution is 7.92. The third-order valence-electron chi connectivity index (χ3n) is 3.87. The second kappa shape index (κ2) is 5.86. The molecule has 1 aliphatic carbocycles. The number of rotatable bonds is 5. The SMILES string of the molecule is COc1nccc(OC2CC2)c1-c1cn(SF)c2nc(N)ccc12. The summed E-state index contributed by atoms with van der Waals surface area (Å²) >= 11 is 0.0646. The van der Waals surface area contributed by atoms with E-state index in [1.165, 1.54) is 3.97 Å². The van der Waals surface area contributed by atoms with Crippen LogP contribution in [0.2, 0.25) is 0 Å². The highest BCUT2D eigenvalue weighted by Crippen LogP contribution is 2.43. The van der Waals surface area contributed by atoms with E-state index < -0.39 is 0 Å². The van der Waals surface area contributed by atoms with E-state index in [-0.39, 0.29) is 18.4 Å². The Morgan fingerprint density at radius 3 is 2.88 bits per heavy atom. The van der Waals surface area contributed by atoms with Crippen molar-refractivity contribution in [3.63, 3.8) is 0 Å². The molecule has 0 saturated heterocycles. The number of ether oxygens (including phenoxy) is 2. The van der Waals surface area contributed by atoms with Gasteiger partial charge in [-0.05, 0) is 31.0 Å². The van der Waals surface area contributed by atoms with Gasteiger partial charge < -0.3 is 15.2 Å². The van der Waals surface area contributed by atoms with Crippen molar-refractivity contribution < 1.29 is 13.4 Å². The molecule has 0 aromatic carbocycles. The molecule has 1 saturated carbocycles. The van der Waals surface area contributed by atoms with Gasteiger partial charge in [0.25, 0.3) is 0 Å². The summed E-state index contributed by atoms with van der Waals surface area (Å²) in [5, 5.41) is 0.751. The molecule has 3 aromatic rings. The fraction of sp³-hybridized carbons (Fsp3) is 0.250. The van der Waals surface area contributed by atoms with Crippen molar-refractivity contribution in [3.05, 3.63) is 30.6 Å². The molecule has 2 N–H and O–H groups in total. The number of pyridine rings is 2. The maximum absolute atomic E-state index is 13.3. The van der Waals surface area contributed by atoms with Crippen LogP contribution in [0, 0.1) is 0 Å². The van der Waals surface area contributed by atoms with Crippen LogP contribution in [0.15, 0.2) is 30.6 Å². The standard InChI is InChI=1S/C16H15FN4O2S/c1-22-16-14(12(6-7-19-16)23-9-2-3-9)11-8-21(24-17)15-10(11)4-5-13(18)20-15/h4-9H,2-3H2,1H3,(H2,18,20). The van der Waals surface area contributed by atoms with Crippen LogP contribution < -0.4 is 15.2 Å². The van der Waals surface area contributed by atoms with Gasteiger partial charge in [0.05, 0.1) is 18.8 Å². The molecule has 3 aromatic heterocycles. The van der Waals surface area contributed by atoms with Crippen molar-refractivity contribution in [1.29, 1.82) is 0 Å². The fourth-order valence-corrected chi connectivity index (χ4v) is 2.98. The van der Waals surface area contributed by atoms with Crippen LogP contribution in [0.25, 0.3) is 22.2 Å². The lowest BCUT2D eigenvalue weighted by atomic mass is 10.1. The van der Waals surface area contributed by atoms with E-state index >= 15 is 0 Å². The number of nitrogens with zero attached hydrogens (tertiary/aromatic N) is 3. The number of nitrogen functional groups attached to an aromatic ring is 1. The molecule has 124 valence electrons. The molecule has 8 heteroatoms. The fourth-order valence-electron chi connectivity index (χ4n) is 2.63. The minimum atomic E-state index is 0.0646. The maximum Gasteiger partial charge on any atom is 0.224 e. The van der Waals surface area contributed by atoms with Gasteiger partial charge in [0.1, 0.15) is 11.6 Å². The zero-order valence-corrected chi connectivity index (χ0v) is 13.7. The van der Waals surface area contributed by atoms with Crippen LogP contribution in [0.5, 0.6) is 11.6 Å². The first kappa shape index (κ1) is 15.1. The minimum Gasteiger partial charge on any atom is -0.490 e. The molecule has 24 heavy (non-hydrogen) atoms. The van der Waals surface area contributed by atoms with Crippen molar-refractivity contribution in [2.24, 2.45) is 0 Å². The van der Waals surface area contributed by atoms with E-state index in [1.807, 2.05) is 6.07 Å². The monoisotopic (exact) mass is 346 g/mol. The summed E-state index contributed by atoms with van der Waals surface area (Å²) in [7, 11) is 1.55. The molecule has 0 amide bonds. The molecule has 6 nitrogen and oxygen atoms in total. The normalized spacial score (nSPS) is 14.1. The Hall–Kier alpha value is -2.48. The van der Waals surface area contributed by atoms with Gasteiger partial charge in [0.2, 0.25) is 5.88 Å². The summed E-state index contributed by atoms with van der Waals surface area (Å²) in [6.07, 6.45) is 5.57. The average molecular weight is 346 g/mol. The second-order valence-corrected chi connectivity index (χ2v) is 6.09. The Balaban J connectivity index is 1.96. The number of methoxy groups -OCH3 is 1. The van der Waals surface area contributed by atoms with Crippen LogP contribution in [0.1, 0.15) is 12.8 Å². The van der Waals surface area contributed by atoms with Gasteiger partial charge in [-0.25, -0.2) is 13.9 Å². The van der Waals surface area contributed by atoms with E-state index in [1.54, 1.807) is 31.6 Å². The number of halogens is 1. The third kappa shape index (κ3) is 2.52. The predicted molar refractivity (Wildman–Crippen MR) is 91.7 cm³/mol. The molecule has 1 aliphatic rings. The molecule has 1 fully saturated rings. The van der Waals surface area contributed by atoms with E-state index in [9.17, 15) is 3.89 Å². The first-order valence-corrected chi connectivity index (χ1v) is 8.15. The summed E-state index contributed by atoms with van der Waals surface area (Å²) in [6.45, 7) is 0. The Morgan fingerprint density at radius 2 is 2.17 bits per heavy atom. The third-order valence-corrected chi connectivity index (χ3v) is 4.30. The van der Waals surface area contributed by atoms with E-state index in [2.05, 4.69) is 9.97 Å². The summed E-state index contributed by atoms with van der Waals surface area (Å²) in [4.78, 5) is 8.49. The average Bonchev–Trinajstić information content (AvgIpc) is 3.34. The first-order chi connectivity index (χ1) is 11.7. The number of hydrogen-bond acceptors (Lipinski definition) is 6. The largest absolute Gasteiger partial charge is 0.490 e. The molecule has 0 spiro atoms. The number of fused-ring (bicyclic) bond motifs is 1. The Morgan fingerprint density at radius 1 is 1.33 bits per heavy atom. The maximum atomic E-state index is 13.3. The van der Waals surface area contributed by atoms with E-state index in [4.69, 9.17) is 15.2 Å². The quantitative estimate of drug-likeness (QED) is 0.761. The Labute approximate surface area is 142 Å². The Kier molecular flexibility index (Phi) is 3.68. The highest BCUT2D eigenvalue weighted by Gasteiger charge is 2.27. The smallest absolute Gasteiger partial charge is 0.224 e. The molecular weight excluding hydrogens is 331 g/mol. The minimum absolute atomic E-state index is 0.0646. The van der Waals surface area contributed by atoms with Crippen molar-refractivity contribution in [1.82, 2.24) is 13.9 Å². The van der Waals surface area contributed by atoms with Gasteiger partial charge >= 0.3 is 0 Å². The zero-order chi connectivity index (χ0) is 16.7. The lowest BCUT2D eigenvalue weighted by Gasteiger charge is -2.13. The van der Waals surface area contributed by atoms with Gasteiger partial charge in [-0.3, -0.25) is 0 Å². The highest BCUT2D eigenvalue weighted by atomic mass is 32.2. The number of nitrogens with two attached hydrogens (primary N) is 1. The Bertz CT molecular complexity index is 910. The molecule has 4 rings (SSSR count). The summed E-state index contributed by atoms with van der Waals surface area (Å²) < 4.78 is 26.1. The van der Waals surface area contributed by atoms with Crippen LogP contribution in [0.3, 0.4) is 0 Å². The summed E-state index contributed by atoms with van der Waals surface area (Å²) in [5.41, 5.74) is 7.61. The van der Waals surface area contributed by atoms with Crippen LogP contribution in [0.4, 0.5) is 9.70 Å². The van der Waals surface area contributed by atoms with Crippen molar-refractivity contribution >= 4 is 29.2 Å². The molecule has 3 heterocycles. The number of hydrogen-bond donors (Lipinski definition) is 1. The molecule has 0 aliphatic heterocycles. The van der Waals surface area contributed by atoms with Crippen LogP contribution >= 0.6 is 12.3 Å². The topological polar surface area (TPSA) is 75.2 Å². The van der Waals surface area contributed by atoms with Gasteiger partial charge in [-0.1, -0.05) is 0 Å². The van der Waals surface area contributed by atoms with E-state index in [0.29, 0.717) is 28.7 Å². The molecule has 0 unspecified atom stereocenters. The molecular formula is C16H15FN4O2S. The van der Waals surface area contributed by atoms with Crippen molar-refractivity contribution in [2.75, 3.05) is 12.8 Å². The number of aromatic nitrogens is 3. The van der Waals surface area contributed by atoms with Crippen molar-refractivity contribution in [3.8, 4) is 22.8 Å².